The van der Waals surface area contributed by atoms with Gasteiger partial charge >= 0.3 is 5.69 Å². The molecule has 0 spiro atoms. The van der Waals surface area contributed by atoms with Gasteiger partial charge in [0, 0.05) is 16.0 Å². The van der Waals surface area contributed by atoms with E-state index in [1.165, 1.54) is 0 Å². The van der Waals surface area contributed by atoms with E-state index < -0.39 is 0 Å². The number of hydrogen-bond acceptors (Lipinski definition) is 2. The van der Waals surface area contributed by atoms with Crippen LogP contribution in [0.3, 0.4) is 0 Å². The average Bonchev–Trinajstić information content (AvgIpc) is 2.94. The largest absolute Gasteiger partial charge is 0.323 e. The third-order valence-electron chi connectivity index (χ3n) is 3.60. The molecule has 1 aliphatic rings. The van der Waals surface area contributed by atoms with Gasteiger partial charge in [0.05, 0.1) is 11.0 Å². The summed E-state index contributed by atoms with van der Waals surface area (Å²) in [5, 5.41) is 0. The number of rotatable bonds is 2. The number of ketones is 1. The summed E-state index contributed by atoms with van der Waals surface area (Å²) in [6.45, 7) is 0. The van der Waals surface area contributed by atoms with Gasteiger partial charge in [-0.3, -0.25) is 4.79 Å². The van der Waals surface area contributed by atoms with Gasteiger partial charge in [-0.15, -0.1) is 0 Å². The van der Waals surface area contributed by atoms with E-state index in [1.54, 1.807) is 12.1 Å². The molecule has 0 amide bonds. The molecule has 1 fully saturated rings. The average molecular weight is 309 g/mol. The molecule has 1 heterocycles. The van der Waals surface area contributed by atoms with Gasteiger partial charge in [0.1, 0.15) is 0 Å². The van der Waals surface area contributed by atoms with Gasteiger partial charge in [0.25, 0.3) is 0 Å². The summed E-state index contributed by atoms with van der Waals surface area (Å²) in [7, 11) is 0. The van der Waals surface area contributed by atoms with Crippen LogP contribution in [0, 0.1) is 5.92 Å². The Hall–Kier alpha value is -1.36. The Kier molecular flexibility index (Phi) is 2.86. The molecular weight excluding hydrogens is 296 g/mol. The summed E-state index contributed by atoms with van der Waals surface area (Å²) in [5.74, 6) is 0.327. The first-order chi connectivity index (χ1) is 8.65. The quantitative estimate of drug-likeness (QED) is 0.838. The first-order valence-corrected chi connectivity index (χ1v) is 6.90. The lowest BCUT2D eigenvalue weighted by atomic mass is 9.96. The Bertz CT molecular complexity index is 665. The van der Waals surface area contributed by atoms with E-state index in [-0.39, 0.29) is 17.4 Å². The zero-order valence-corrected chi connectivity index (χ0v) is 11.3. The molecule has 3 rings (SSSR count). The number of hydrogen-bond donors (Lipinski definition) is 2. The van der Waals surface area contributed by atoms with Crippen LogP contribution in [0.2, 0.25) is 0 Å². The predicted octanol–water partition coefficient (Wildman–Crippen LogP) is 2.99. The fraction of sp³-hybridized carbons (Fsp3) is 0.385. The molecular formula is C13H13BrN2O2. The Morgan fingerprint density at radius 3 is 2.44 bits per heavy atom. The predicted molar refractivity (Wildman–Crippen MR) is 72.9 cm³/mol. The van der Waals surface area contributed by atoms with Crippen LogP contribution in [0.1, 0.15) is 36.0 Å². The van der Waals surface area contributed by atoms with E-state index in [9.17, 15) is 9.59 Å². The SMILES string of the molecule is O=C(c1cc2[nH]c(=O)[nH]c2cc1Br)C1CCCC1. The van der Waals surface area contributed by atoms with Gasteiger partial charge in [-0.05, 0) is 40.9 Å². The number of imidazole rings is 1. The van der Waals surface area contributed by atoms with E-state index in [0.717, 1.165) is 35.7 Å². The number of aromatic amines is 2. The number of fused-ring (bicyclic) bond motifs is 1. The number of benzene rings is 1. The number of carbonyl (C=O) groups excluding carboxylic acids is 1. The van der Waals surface area contributed by atoms with Gasteiger partial charge in [0.2, 0.25) is 0 Å². The van der Waals surface area contributed by atoms with Crippen LogP contribution in [-0.2, 0) is 0 Å². The van der Waals surface area contributed by atoms with Crippen LogP contribution in [0.5, 0.6) is 0 Å². The lowest BCUT2D eigenvalue weighted by Crippen LogP contribution is -2.11. The minimum atomic E-state index is -0.248. The molecule has 2 aromatic rings. The summed E-state index contributed by atoms with van der Waals surface area (Å²) >= 11 is 3.42. The Morgan fingerprint density at radius 1 is 1.17 bits per heavy atom. The lowest BCUT2D eigenvalue weighted by Gasteiger charge is -2.09. The van der Waals surface area contributed by atoms with Crippen LogP contribution in [0.25, 0.3) is 11.0 Å². The number of H-pyrrole nitrogens is 2. The van der Waals surface area contributed by atoms with E-state index in [2.05, 4.69) is 25.9 Å². The second-order valence-corrected chi connectivity index (χ2v) is 5.66. The van der Waals surface area contributed by atoms with Crippen LogP contribution < -0.4 is 5.69 Å². The second kappa shape index (κ2) is 4.39. The molecule has 4 nitrogen and oxygen atoms in total. The summed E-state index contributed by atoms with van der Waals surface area (Å²) in [6.07, 6.45) is 4.23. The molecule has 1 aromatic heterocycles. The molecule has 0 bridgehead atoms. The molecule has 94 valence electrons. The minimum Gasteiger partial charge on any atom is -0.306 e. The first kappa shape index (κ1) is 11.7. The van der Waals surface area contributed by atoms with Gasteiger partial charge in [-0.1, -0.05) is 12.8 Å². The van der Waals surface area contributed by atoms with E-state index >= 15 is 0 Å². The summed E-state index contributed by atoms with van der Waals surface area (Å²) in [4.78, 5) is 29.0. The van der Waals surface area contributed by atoms with Gasteiger partial charge < -0.3 is 9.97 Å². The number of carbonyl (C=O) groups is 1. The summed E-state index contributed by atoms with van der Waals surface area (Å²) in [6, 6.07) is 3.55. The van der Waals surface area contributed by atoms with Crippen molar-refractivity contribution >= 4 is 32.7 Å². The molecule has 1 aliphatic carbocycles. The van der Waals surface area contributed by atoms with Crippen molar-refractivity contribution in [3.8, 4) is 0 Å². The summed E-state index contributed by atoms with van der Waals surface area (Å²) < 4.78 is 0.752. The van der Waals surface area contributed by atoms with Gasteiger partial charge in [0.15, 0.2) is 5.78 Å². The standard InChI is InChI=1S/C13H13BrN2O2/c14-9-6-11-10(15-13(18)16-11)5-8(9)12(17)7-3-1-2-4-7/h5-7H,1-4H2,(H2,15,16,18). The number of nitrogens with one attached hydrogen (secondary N) is 2. The van der Waals surface area contributed by atoms with Crippen molar-refractivity contribution < 1.29 is 4.79 Å². The summed E-state index contributed by atoms with van der Waals surface area (Å²) in [5.41, 5.74) is 1.83. The molecule has 0 saturated heterocycles. The number of halogens is 1. The monoisotopic (exact) mass is 308 g/mol. The lowest BCUT2D eigenvalue weighted by molar-refractivity contribution is 0.0922. The molecule has 0 radical (unpaired) electrons. The van der Waals surface area contributed by atoms with Crippen LogP contribution >= 0.6 is 15.9 Å². The Labute approximate surface area is 112 Å². The molecule has 0 unspecified atom stereocenters. The molecule has 2 N–H and O–H groups in total. The van der Waals surface area contributed by atoms with Crippen molar-refractivity contribution in [2.75, 3.05) is 0 Å². The first-order valence-electron chi connectivity index (χ1n) is 6.11. The topological polar surface area (TPSA) is 65.7 Å². The van der Waals surface area contributed by atoms with Crippen molar-refractivity contribution in [2.45, 2.75) is 25.7 Å². The molecule has 1 aromatic carbocycles. The maximum atomic E-state index is 12.4. The van der Waals surface area contributed by atoms with Gasteiger partial charge in [-0.25, -0.2) is 4.79 Å². The Morgan fingerprint density at radius 2 is 1.78 bits per heavy atom. The highest BCUT2D eigenvalue weighted by Crippen LogP contribution is 2.31. The van der Waals surface area contributed by atoms with Crippen molar-refractivity contribution in [2.24, 2.45) is 5.92 Å². The molecule has 0 aliphatic heterocycles. The number of aromatic nitrogens is 2. The smallest absolute Gasteiger partial charge is 0.306 e. The van der Waals surface area contributed by atoms with Crippen molar-refractivity contribution in [1.29, 1.82) is 0 Å². The second-order valence-electron chi connectivity index (χ2n) is 4.80. The van der Waals surface area contributed by atoms with Crippen LogP contribution in [-0.4, -0.2) is 15.8 Å². The van der Waals surface area contributed by atoms with Crippen molar-refractivity contribution in [3.05, 3.63) is 32.7 Å². The maximum absolute atomic E-state index is 12.4. The van der Waals surface area contributed by atoms with Crippen molar-refractivity contribution in [3.63, 3.8) is 0 Å². The molecule has 1 saturated carbocycles. The van der Waals surface area contributed by atoms with E-state index in [0.29, 0.717) is 11.1 Å². The fourth-order valence-electron chi connectivity index (χ4n) is 2.65. The molecule has 5 heteroatoms. The third-order valence-corrected chi connectivity index (χ3v) is 4.25. The highest BCUT2D eigenvalue weighted by atomic mass is 79.9. The molecule has 18 heavy (non-hydrogen) atoms. The Balaban J connectivity index is 2.07. The zero-order valence-electron chi connectivity index (χ0n) is 9.75. The normalized spacial score (nSPS) is 16.5. The fourth-order valence-corrected chi connectivity index (χ4v) is 3.19. The van der Waals surface area contributed by atoms with Gasteiger partial charge in [-0.2, -0.15) is 0 Å². The minimum absolute atomic E-state index is 0.143. The highest BCUT2D eigenvalue weighted by Gasteiger charge is 2.25. The van der Waals surface area contributed by atoms with Crippen LogP contribution in [0.4, 0.5) is 0 Å². The molecule has 0 atom stereocenters. The van der Waals surface area contributed by atoms with E-state index in [1.807, 2.05) is 0 Å². The zero-order chi connectivity index (χ0) is 12.7. The maximum Gasteiger partial charge on any atom is 0.323 e. The van der Waals surface area contributed by atoms with Crippen molar-refractivity contribution in [1.82, 2.24) is 9.97 Å². The highest BCUT2D eigenvalue weighted by molar-refractivity contribution is 9.10. The van der Waals surface area contributed by atoms with Crippen LogP contribution in [0.15, 0.2) is 21.4 Å². The third kappa shape index (κ3) is 1.92. The number of Topliss-reactive ketones (excluding diaryl/α,β-unsaturated/α-hetero) is 1. The van der Waals surface area contributed by atoms with E-state index in [4.69, 9.17) is 0 Å².